The van der Waals surface area contributed by atoms with Crippen LogP contribution in [-0.4, -0.2) is 59.7 Å². The molecule has 2 fully saturated rings. The molecule has 148 valence electrons. The van der Waals surface area contributed by atoms with Gasteiger partial charge in [0.25, 0.3) is 0 Å². The van der Waals surface area contributed by atoms with E-state index in [4.69, 9.17) is 9.47 Å². The van der Waals surface area contributed by atoms with Crippen LogP contribution in [0.25, 0.3) is 0 Å². The summed E-state index contributed by atoms with van der Waals surface area (Å²) in [6.07, 6.45) is 5.56. The number of hydrogen-bond acceptors (Lipinski definition) is 6. The predicted octanol–water partition coefficient (Wildman–Crippen LogP) is 3.77. The van der Waals surface area contributed by atoms with Crippen molar-refractivity contribution in [2.75, 3.05) is 38.7 Å². The van der Waals surface area contributed by atoms with E-state index < -0.39 is 0 Å². The molecule has 1 aromatic carbocycles. The second kappa shape index (κ2) is 9.43. The average Bonchev–Trinajstić information content (AvgIpc) is 3.37. The standard InChI is InChI=1S/C20H28N2O3S2/c23-20(4-2-1-3-17-7-12-26-27-17)22-10-8-21(9-11-22)14-16-5-6-18-19(13-16)25-15-24-18/h5-6,13,17H,1-4,7-12,14-15H2. The molecule has 1 amide bonds. The van der Waals surface area contributed by atoms with Crippen LogP contribution in [0, 0.1) is 0 Å². The van der Waals surface area contributed by atoms with Gasteiger partial charge in [0.15, 0.2) is 11.5 Å². The molecule has 0 N–H and O–H groups in total. The number of nitrogens with zero attached hydrogens (tertiary/aromatic N) is 2. The first-order chi connectivity index (χ1) is 13.3. The lowest BCUT2D eigenvalue weighted by atomic mass is 10.1. The molecule has 7 heteroatoms. The Bertz CT molecular complexity index is 644. The lowest BCUT2D eigenvalue weighted by Crippen LogP contribution is -2.48. The lowest BCUT2D eigenvalue weighted by Gasteiger charge is -2.35. The molecule has 1 aromatic rings. The number of unbranched alkanes of at least 4 members (excludes halogenated alkanes) is 1. The van der Waals surface area contributed by atoms with Crippen LogP contribution in [0.2, 0.25) is 0 Å². The van der Waals surface area contributed by atoms with E-state index in [-0.39, 0.29) is 0 Å². The SMILES string of the molecule is O=C(CCCCC1CCSS1)N1CCN(Cc2ccc3c(c2)OCO3)CC1. The molecule has 3 aliphatic heterocycles. The Balaban J connectivity index is 1.14. The van der Waals surface area contributed by atoms with E-state index in [0.29, 0.717) is 19.1 Å². The quantitative estimate of drug-likeness (QED) is 0.505. The third-order valence-corrected chi connectivity index (χ3v) is 8.47. The second-order valence-electron chi connectivity index (χ2n) is 7.42. The minimum Gasteiger partial charge on any atom is -0.454 e. The van der Waals surface area contributed by atoms with Gasteiger partial charge in [-0.1, -0.05) is 34.1 Å². The van der Waals surface area contributed by atoms with E-state index in [9.17, 15) is 4.79 Å². The molecule has 0 radical (unpaired) electrons. The summed E-state index contributed by atoms with van der Waals surface area (Å²) in [6, 6.07) is 6.16. The lowest BCUT2D eigenvalue weighted by molar-refractivity contribution is -0.133. The van der Waals surface area contributed by atoms with Crippen molar-refractivity contribution in [1.29, 1.82) is 0 Å². The van der Waals surface area contributed by atoms with E-state index in [1.807, 2.05) is 27.7 Å². The molecule has 3 heterocycles. The fourth-order valence-corrected chi connectivity index (χ4v) is 6.85. The number of carbonyl (C=O) groups excluding carboxylic acids is 1. The van der Waals surface area contributed by atoms with Crippen LogP contribution in [0.1, 0.15) is 37.7 Å². The van der Waals surface area contributed by atoms with Crippen molar-refractivity contribution < 1.29 is 14.3 Å². The van der Waals surface area contributed by atoms with E-state index in [2.05, 4.69) is 21.9 Å². The van der Waals surface area contributed by atoms with Gasteiger partial charge in [-0.15, -0.1) is 0 Å². The number of fused-ring (bicyclic) bond motifs is 1. The van der Waals surface area contributed by atoms with Gasteiger partial charge in [0.1, 0.15) is 0 Å². The molecule has 1 atom stereocenters. The highest BCUT2D eigenvalue weighted by molar-refractivity contribution is 8.77. The highest BCUT2D eigenvalue weighted by Gasteiger charge is 2.22. The normalized spacial score (nSPS) is 22.4. The largest absolute Gasteiger partial charge is 0.454 e. The fraction of sp³-hybridized carbons (Fsp3) is 0.650. The van der Waals surface area contributed by atoms with Crippen molar-refractivity contribution in [3.8, 4) is 11.5 Å². The van der Waals surface area contributed by atoms with Gasteiger partial charge in [-0.3, -0.25) is 9.69 Å². The summed E-state index contributed by atoms with van der Waals surface area (Å²) in [5.41, 5.74) is 1.24. The van der Waals surface area contributed by atoms with Crippen LogP contribution in [0.5, 0.6) is 11.5 Å². The number of piperazine rings is 1. The molecule has 0 spiro atoms. The van der Waals surface area contributed by atoms with E-state index in [1.165, 1.54) is 30.6 Å². The summed E-state index contributed by atoms with van der Waals surface area (Å²) in [5, 5.41) is 0.824. The molecular formula is C20H28N2O3S2. The summed E-state index contributed by atoms with van der Waals surface area (Å²) in [5.74, 6) is 3.31. The maximum Gasteiger partial charge on any atom is 0.231 e. The van der Waals surface area contributed by atoms with Gasteiger partial charge in [0, 0.05) is 50.1 Å². The molecule has 2 saturated heterocycles. The third kappa shape index (κ3) is 5.27. The van der Waals surface area contributed by atoms with Crippen LogP contribution < -0.4 is 9.47 Å². The molecular weight excluding hydrogens is 380 g/mol. The minimum atomic E-state index is 0.317. The Morgan fingerprint density at radius 3 is 2.78 bits per heavy atom. The molecule has 0 bridgehead atoms. The topological polar surface area (TPSA) is 42.0 Å². The zero-order valence-electron chi connectivity index (χ0n) is 15.7. The number of rotatable bonds is 7. The highest BCUT2D eigenvalue weighted by atomic mass is 33.1. The predicted molar refractivity (Wildman–Crippen MR) is 111 cm³/mol. The number of hydrogen-bond donors (Lipinski definition) is 0. The molecule has 27 heavy (non-hydrogen) atoms. The number of carbonyl (C=O) groups is 1. The van der Waals surface area contributed by atoms with Gasteiger partial charge >= 0.3 is 0 Å². The van der Waals surface area contributed by atoms with E-state index in [0.717, 1.165) is 55.9 Å². The summed E-state index contributed by atoms with van der Waals surface area (Å²) < 4.78 is 10.8. The molecule has 5 nitrogen and oxygen atoms in total. The van der Waals surface area contributed by atoms with Gasteiger partial charge in [-0.2, -0.15) is 0 Å². The van der Waals surface area contributed by atoms with Gasteiger partial charge in [-0.05, 0) is 37.0 Å². The van der Waals surface area contributed by atoms with Crippen molar-refractivity contribution in [2.45, 2.75) is 43.9 Å². The minimum absolute atomic E-state index is 0.317. The molecule has 4 rings (SSSR count). The zero-order chi connectivity index (χ0) is 18.5. The van der Waals surface area contributed by atoms with Gasteiger partial charge in [-0.25, -0.2) is 0 Å². The van der Waals surface area contributed by atoms with Gasteiger partial charge in [0.05, 0.1) is 0 Å². The number of ether oxygens (including phenoxy) is 2. The Labute approximate surface area is 169 Å². The maximum absolute atomic E-state index is 12.5. The average molecular weight is 409 g/mol. The number of amides is 1. The highest BCUT2D eigenvalue weighted by Crippen LogP contribution is 2.40. The summed E-state index contributed by atoms with van der Waals surface area (Å²) in [6.45, 7) is 4.79. The molecule has 0 saturated carbocycles. The first-order valence-corrected chi connectivity index (χ1v) is 12.3. The van der Waals surface area contributed by atoms with Crippen LogP contribution in [0.4, 0.5) is 0 Å². The van der Waals surface area contributed by atoms with Crippen molar-refractivity contribution >= 4 is 27.5 Å². The van der Waals surface area contributed by atoms with Crippen LogP contribution in [0.15, 0.2) is 18.2 Å². The second-order valence-corrected chi connectivity index (χ2v) is 10.2. The van der Waals surface area contributed by atoms with Crippen molar-refractivity contribution in [1.82, 2.24) is 9.80 Å². The molecule has 0 aromatic heterocycles. The maximum atomic E-state index is 12.5. The van der Waals surface area contributed by atoms with Gasteiger partial charge in [0.2, 0.25) is 12.7 Å². The first kappa shape index (κ1) is 19.3. The molecule has 1 unspecified atom stereocenters. The van der Waals surface area contributed by atoms with Gasteiger partial charge < -0.3 is 14.4 Å². The monoisotopic (exact) mass is 408 g/mol. The summed E-state index contributed by atoms with van der Waals surface area (Å²) in [7, 11) is 4.04. The smallest absolute Gasteiger partial charge is 0.231 e. The summed E-state index contributed by atoms with van der Waals surface area (Å²) in [4.78, 5) is 16.9. The Kier molecular flexibility index (Phi) is 6.73. The Morgan fingerprint density at radius 1 is 1.11 bits per heavy atom. The zero-order valence-corrected chi connectivity index (χ0v) is 17.4. The van der Waals surface area contributed by atoms with E-state index in [1.54, 1.807) is 0 Å². The number of benzene rings is 1. The fourth-order valence-electron chi connectivity index (χ4n) is 3.82. The van der Waals surface area contributed by atoms with Crippen LogP contribution in [0.3, 0.4) is 0 Å². The molecule has 3 aliphatic rings. The Morgan fingerprint density at radius 2 is 1.96 bits per heavy atom. The summed E-state index contributed by atoms with van der Waals surface area (Å²) >= 11 is 0. The first-order valence-electron chi connectivity index (χ1n) is 9.95. The Hall–Kier alpha value is -1.05. The van der Waals surface area contributed by atoms with Crippen LogP contribution in [-0.2, 0) is 11.3 Å². The third-order valence-electron chi connectivity index (χ3n) is 5.46. The van der Waals surface area contributed by atoms with E-state index >= 15 is 0 Å². The van der Waals surface area contributed by atoms with Crippen molar-refractivity contribution in [2.24, 2.45) is 0 Å². The van der Waals surface area contributed by atoms with Crippen molar-refractivity contribution in [3.05, 3.63) is 23.8 Å². The molecule has 0 aliphatic carbocycles. The van der Waals surface area contributed by atoms with Crippen molar-refractivity contribution in [3.63, 3.8) is 0 Å². The van der Waals surface area contributed by atoms with Crippen LogP contribution >= 0.6 is 21.6 Å².